The maximum Gasteiger partial charge on any atom is 0.347 e. The van der Waals surface area contributed by atoms with Crippen LogP contribution in [0.2, 0.25) is 0 Å². The normalized spacial score (nSPS) is 29.5. The summed E-state index contributed by atoms with van der Waals surface area (Å²) in [6.45, 7) is -0.824. The molecule has 1 heterocycles. The number of aliphatic hydroxyl groups excluding tert-OH is 4. The minimum atomic E-state index is -1.98. The standard InChI is InChI=1S/C17H24N2O8S/c1-18-16(26)19-12-10(21)7-17(15(24)25,28-9-5-3-2-4-6-9)27-14(12)13(23)11(22)8-20/h2-6,10-14,20-23H,7-8H2,1H3,(H,24,25)(H2,18,19,26)/t10-,11+,12+,13+,14+,17-/m0/s1. The van der Waals surface area contributed by atoms with E-state index in [4.69, 9.17) is 9.84 Å². The summed E-state index contributed by atoms with van der Waals surface area (Å²) >= 11 is 0.826. The number of thioether (sulfide) groups is 1. The molecule has 0 unspecified atom stereocenters. The summed E-state index contributed by atoms with van der Waals surface area (Å²) in [4.78, 5) is 22.3. The van der Waals surface area contributed by atoms with Gasteiger partial charge in [0.2, 0.25) is 4.93 Å². The second-order valence-electron chi connectivity index (χ2n) is 6.32. The van der Waals surface area contributed by atoms with Crippen molar-refractivity contribution in [2.45, 2.75) is 46.7 Å². The van der Waals surface area contributed by atoms with Gasteiger partial charge < -0.3 is 40.9 Å². The van der Waals surface area contributed by atoms with E-state index in [1.54, 1.807) is 30.3 Å². The van der Waals surface area contributed by atoms with Crippen molar-refractivity contribution in [3.05, 3.63) is 30.3 Å². The number of carbonyl (C=O) groups is 2. The van der Waals surface area contributed by atoms with Crippen LogP contribution >= 0.6 is 11.8 Å². The number of carbonyl (C=O) groups excluding carboxylic acids is 1. The first kappa shape index (κ1) is 22.4. The van der Waals surface area contributed by atoms with Crippen LogP contribution in [0.5, 0.6) is 0 Å². The topological polar surface area (TPSA) is 169 Å². The third-order valence-electron chi connectivity index (χ3n) is 4.37. The molecule has 0 bridgehead atoms. The summed E-state index contributed by atoms with van der Waals surface area (Å²) in [5.41, 5.74) is 0. The Kier molecular flexibility index (Phi) is 7.63. The molecule has 7 N–H and O–H groups in total. The fourth-order valence-corrected chi connectivity index (χ4v) is 4.07. The van der Waals surface area contributed by atoms with Gasteiger partial charge in [-0.1, -0.05) is 30.0 Å². The molecule has 6 atom stereocenters. The van der Waals surface area contributed by atoms with Crippen LogP contribution in [0.4, 0.5) is 4.79 Å². The Labute approximate surface area is 165 Å². The molecule has 10 nitrogen and oxygen atoms in total. The third kappa shape index (κ3) is 4.93. The summed E-state index contributed by atoms with van der Waals surface area (Å²) in [7, 11) is 1.34. The Balaban J connectivity index is 2.39. The van der Waals surface area contributed by atoms with Crippen molar-refractivity contribution in [2.24, 2.45) is 0 Å². The van der Waals surface area contributed by atoms with Crippen molar-refractivity contribution in [1.82, 2.24) is 10.6 Å². The number of aliphatic carboxylic acids is 1. The number of ether oxygens (including phenoxy) is 1. The molecular weight excluding hydrogens is 392 g/mol. The first-order valence-electron chi connectivity index (χ1n) is 8.52. The van der Waals surface area contributed by atoms with E-state index in [-0.39, 0.29) is 0 Å². The van der Waals surface area contributed by atoms with E-state index >= 15 is 0 Å². The van der Waals surface area contributed by atoms with Gasteiger partial charge in [0.1, 0.15) is 18.3 Å². The van der Waals surface area contributed by atoms with Crippen molar-refractivity contribution in [3.63, 3.8) is 0 Å². The zero-order valence-corrected chi connectivity index (χ0v) is 15.9. The third-order valence-corrected chi connectivity index (χ3v) is 5.64. The quantitative estimate of drug-likeness (QED) is 0.286. The molecule has 156 valence electrons. The average molecular weight is 416 g/mol. The summed E-state index contributed by atoms with van der Waals surface area (Å²) in [5.74, 6) is -1.39. The fraction of sp³-hybridized carbons (Fsp3) is 0.529. The Morgan fingerprint density at radius 2 is 1.96 bits per heavy atom. The molecule has 1 aliphatic rings. The number of carboxylic acid groups (broad SMARTS) is 1. The van der Waals surface area contributed by atoms with Gasteiger partial charge in [0.25, 0.3) is 0 Å². The predicted molar refractivity (Wildman–Crippen MR) is 98.6 cm³/mol. The summed E-state index contributed by atoms with van der Waals surface area (Å²) in [5, 5.41) is 54.4. The van der Waals surface area contributed by atoms with E-state index in [0.29, 0.717) is 4.90 Å². The molecule has 1 aromatic carbocycles. The highest BCUT2D eigenvalue weighted by Crippen LogP contribution is 2.43. The molecule has 1 aliphatic heterocycles. The van der Waals surface area contributed by atoms with Crippen molar-refractivity contribution in [3.8, 4) is 0 Å². The summed E-state index contributed by atoms with van der Waals surface area (Å²) in [6, 6.07) is 6.56. The number of carboxylic acids is 1. The predicted octanol–water partition coefficient (Wildman–Crippen LogP) is -1.28. The number of urea groups is 1. The number of hydrogen-bond donors (Lipinski definition) is 7. The number of amides is 2. The maximum atomic E-state index is 12.1. The summed E-state index contributed by atoms with van der Waals surface area (Å²) in [6.07, 6.45) is -6.75. The van der Waals surface area contributed by atoms with Crippen molar-refractivity contribution < 1.29 is 39.9 Å². The van der Waals surface area contributed by atoms with Gasteiger partial charge in [-0.15, -0.1) is 0 Å². The number of benzene rings is 1. The van der Waals surface area contributed by atoms with Crippen LogP contribution in [0, 0.1) is 0 Å². The van der Waals surface area contributed by atoms with Crippen molar-refractivity contribution in [2.75, 3.05) is 13.7 Å². The molecular formula is C17H24N2O8S. The van der Waals surface area contributed by atoms with Crippen LogP contribution in [0.3, 0.4) is 0 Å². The molecule has 1 fully saturated rings. The van der Waals surface area contributed by atoms with Gasteiger partial charge in [-0.05, 0) is 12.1 Å². The van der Waals surface area contributed by atoms with Gasteiger partial charge in [-0.3, -0.25) is 0 Å². The highest BCUT2D eigenvalue weighted by Gasteiger charge is 2.55. The van der Waals surface area contributed by atoms with E-state index < -0.39 is 60.4 Å². The fourth-order valence-electron chi connectivity index (χ4n) is 2.90. The molecule has 0 spiro atoms. The zero-order valence-electron chi connectivity index (χ0n) is 15.1. The zero-order chi connectivity index (χ0) is 20.9. The van der Waals surface area contributed by atoms with E-state index in [1.165, 1.54) is 7.05 Å². The van der Waals surface area contributed by atoms with E-state index in [0.717, 1.165) is 11.8 Å². The lowest BCUT2D eigenvalue weighted by Crippen LogP contribution is -2.67. The Morgan fingerprint density at radius 1 is 1.32 bits per heavy atom. The number of rotatable bonds is 7. The lowest BCUT2D eigenvalue weighted by molar-refractivity contribution is -0.203. The largest absolute Gasteiger partial charge is 0.478 e. The van der Waals surface area contributed by atoms with Crippen LogP contribution < -0.4 is 10.6 Å². The molecule has 1 aromatic rings. The van der Waals surface area contributed by atoms with Gasteiger partial charge in [-0.2, -0.15) is 0 Å². The molecule has 11 heteroatoms. The highest BCUT2D eigenvalue weighted by atomic mass is 32.2. The van der Waals surface area contributed by atoms with Gasteiger partial charge >= 0.3 is 12.0 Å². The summed E-state index contributed by atoms with van der Waals surface area (Å²) < 4.78 is 5.69. The molecule has 0 saturated carbocycles. The van der Waals surface area contributed by atoms with Crippen LogP contribution in [0.25, 0.3) is 0 Å². The van der Waals surface area contributed by atoms with Crippen LogP contribution in [-0.4, -0.2) is 86.6 Å². The molecule has 0 aromatic heterocycles. The Hall–Kier alpha value is -1.89. The van der Waals surface area contributed by atoms with Crippen molar-refractivity contribution in [1.29, 1.82) is 0 Å². The maximum absolute atomic E-state index is 12.1. The number of aliphatic hydroxyl groups is 4. The van der Waals surface area contributed by atoms with Crippen molar-refractivity contribution >= 4 is 23.8 Å². The number of hydrogen-bond acceptors (Lipinski definition) is 8. The van der Waals surface area contributed by atoms with E-state index in [1.807, 2.05) is 0 Å². The lowest BCUT2D eigenvalue weighted by atomic mass is 9.90. The van der Waals surface area contributed by atoms with Gasteiger partial charge in [0.15, 0.2) is 0 Å². The van der Waals surface area contributed by atoms with E-state index in [2.05, 4.69) is 10.6 Å². The molecule has 1 saturated heterocycles. The van der Waals surface area contributed by atoms with Crippen LogP contribution in [-0.2, 0) is 9.53 Å². The molecule has 2 rings (SSSR count). The molecule has 2 amide bonds. The molecule has 28 heavy (non-hydrogen) atoms. The SMILES string of the molecule is CNC(=O)N[C@H]1[C@H]([C@H](O)[C@H](O)CO)O[C@@](Sc2ccccc2)(C(=O)O)C[C@@H]1O. The minimum absolute atomic E-state index is 0.394. The smallest absolute Gasteiger partial charge is 0.347 e. The lowest BCUT2D eigenvalue weighted by Gasteiger charge is -2.46. The average Bonchev–Trinajstić information content (AvgIpc) is 2.69. The van der Waals surface area contributed by atoms with Crippen LogP contribution in [0.1, 0.15) is 6.42 Å². The Bertz CT molecular complexity index is 678. The Morgan fingerprint density at radius 3 is 2.50 bits per heavy atom. The first-order chi connectivity index (χ1) is 13.2. The van der Waals surface area contributed by atoms with E-state index in [9.17, 15) is 30.0 Å². The molecule has 0 radical (unpaired) electrons. The van der Waals surface area contributed by atoms with Crippen LogP contribution in [0.15, 0.2) is 35.2 Å². The van der Waals surface area contributed by atoms with Gasteiger partial charge in [-0.25, -0.2) is 9.59 Å². The minimum Gasteiger partial charge on any atom is -0.478 e. The number of nitrogens with one attached hydrogen (secondary N) is 2. The monoisotopic (exact) mass is 416 g/mol. The highest BCUT2D eigenvalue weighted by molar-refractivity contribution is 8.01. The first-order valence-corrected chi connectivity index (χ1v) is 9.34. The van der Waals surface area contributed by atoms with Gasteiger partial charge in [0.05, 0.1) is 18.8 Å². The molecule has 0 aliphatic carbocycles. The second-order valence-corrected chi connectivity index (χ2v) is 7.65. The van der Waals surface area contributed by atoms with Gasteiger partial charge in [0, 0.05) is 18.4 Å². The second kappa shape index (κ2) is 9.54.